The van der Waals surface area contributed by atoms with Crippen molar-refractivity contribution in [1.82, 2.24) is 0 Å². The minimum absolute atomic E-state index is 0.274. The summed E-state index contributed by atoms with van der Waals surface area (Å²) in [4.78, 5) is 0. The van der Waals surface area contributed by atoms with Gasteiger partial charge < -0.3 is 4.18 Å². The minimum Gasteiger partial charge on any atom is -0.376 e. The van der Waals surface area contributed by atoms with E-state index >= 15 is 0 Å². The van der Waals surface area contributed by atoms with Gasteiger partial charge in [0, 0.05) is 0 Å². The van der Waals surface area contributed by atoms with E-state index in [4.69, 9.17) is 0 Å². The summed E-state index contributed by atoms with van der Waals surface area (Å²) in [6.45, 7) is 6.89. The van der Waals surface area contributed by atoms with E-state index in [1.807, 2.05) is 6.92 Å². The Bertz CT molecular complexity index is 589. The van der Waals surface area contributed by atoms with Crippen molar-refractivity contribution in [3.05, 3.63) is 28.3 Å². The van der Waals surface area contributed by atoms with E-state index in [0.29, 0.717) is 17.5 Å². The summed E-state index contributed by atoms with van der Waals surface area (Å²) < 4.78 is 63.1. The molecule has 0 radical (unpaired) electrons. The van der Waals surface area contributed by atoms with Gasteiger partial charge in [0.2, 0.25) is 0 Å². The van der Waals surface area contributed by atoms with Crippen LogP contribution in [0.4, 0.5) is 13.2 Å². The Hall–Kier alpha value is -1.24. The normalized spacial score (nSPS) is 12.6. The van der Waals surface area contributed by atoms with Gasteiger partial charge in [0.05, 0.1) is 0 Å². The van der Waals surface area contributed by atoms with E-state index in [1.165, 1.54) is 13.0 Å². The molecule has 19 heavy (non-hydrogen) atoms. The van der Waals surface area contributed by atoms with Crippen LogP contribution in [-0.2, 0) is 16.5 Å². The van der Waals surface area contributed by atoms with Crippen LogP contribution >= 0.6 is 0 Å². The molecule has 1 aromatic carbocycles. The molecule has 1 rings (SSSR count). The highest BCUT2D eigenvalue weighted by atomic mass is 32.2. The summed E-state index contributed by atoms with van der Waals surface area (Å²) in [5, 5.41) is 0. The fourth-order valence-corrected chi connectivity index (χ4v) is 2.40. The third-order valence-electron chi connectivity index (χ3n) is 3.04. The summed E-state index contributed by atoms with van der Waals surface area (Å²) in [5.41, 5.74) is -2.60. The topological polar surface area (TPSA) is 43.4 Å². The molecule has 0 aromatic heterocycles. The number of alkyl halides is 3. The Labute approximate surface area is 110 Å². The molecule has 0 saturated carbocycles. The van der Waals surface area contributed by atoms with Gasteiger partial charge in [-0.2, -0.15) is 21.6 Å². The van der Waals surface area contributed by atoms with E-state index in [0.717, 1.165) is 11.1 Å². The summed E-state index contributed by atoms with van der Waals surface area (Å²) in [6, 6.07) is 1.32. The quantitative estimate of drug-likeness (QED) is 0.634. The zero-order valence-electron chi connectivity index (χ0n) is 11.1. The molecule has 0 unspecified atom stereocenters. The van der Waals surface area contributed by atoms with Gasteiger partial charge in [-0.15, -0.1) is 0 Å². The molecular weight excluding hydrogens is 281 g/mol. The molecule has 0 spiro atoms. The van der Waals surface area contributed by atoms with Crippen molar-refractivity contribution < 1.29 is 25.8 Å². The molecular formula is C12H15F3O3S. The molecule has 0 aliphatic heterocycles. The van der Waals surface area contributed by atoms with E-state index in [1.54, 1.807) is 13.8 Å². The number of aryl methyl sites for hydroxylation is 1. The highest BCUT2D eigenvalue weighted by Crippen LogP contribution is 2.32. The van der Waals surface area contributed by atoms with Gasteiger partial charge in [0.1, 0.15) is 5.75 Å². The predicted octanol–water partition coefficient (Wildman–Crippen LogP) is 3.40. The van der Waals surface area contributed by atoms with Crippen LogP contribution in [0.2, 0.25) is 0 Å². The van der Waals surface area contributed by atoms with Gasteiger partial charge in [0.25, 0.3) is 0 Å². The van der Waals surface area contributed by atoms with Crippen LogP contribution < -0.4 is 4.18 Å². The van der Waals surface area contributed by atoms with Gasteiger partial charge in [0.15, 0.2) is 0 Å². The molecule has 0 heterocycles. The Morgan fingerprint density at radius 3 is 2.11 bits per heavy atom. The standard InChI is InChI=1S/C12H15F3O3S/c1-5-10-7(2)6-11(9(4)8(10)3)18-19(16,17)12(13,14)15/h6H,5H2,1-4H3. The number of benzene rings is 1. The van der Waals surface area contributed by atoms with E-state index in [-0.39, 0.29) is 5.75 Å². The lowest BCUT2D eigenvalue weighted by molar-refractivity contribution is -0.0500. The second-order valence-electron chi connectivity index (χ2n) is 4.26. The van der Waals surface area contributed by atoms with Crippen molar-refractivity contribution in [2.24, 2.45) is 0 Å². The molecule has 0 N–H and O–H groups in total. The van der Waals surface area contributed by atoms with Gasteiger partial charge >= 0.3 is 15.6 Å². The van der Waals surface area contributed by atoms with Crippen molar-refractivity contribution in [3.63, 3.8) is 0 Å². The largest absolute Gasteiger partial charge is 0.534 e. The lowest BCUT2D eigenvalue weighted by Gasteiger charge is -2.16. The van der Waals surface area contributed by atoms with E-state index < -0.39 is 15.6 Å². The maximum Gasteiger partial charge on any atom is 0.534 e. The van der Waals surface area contributed by atoms with Crippen molar-refractivity contribution in [3.8, 4) is 5.75 Å². The zero-order valence-corrected chi connectivity index (χ0v) is 11.9. The smallest absolute Gasteiger partial charge is 0.376 e. The molecule has 0 amide bonds. The molecule has 0 fully saturated rings. The summed E-state index contributed by atoms with van der Waals surface area (Å²) in [6.07, 6.45) is 0.713. The van der Waals surface area contributed by atoms with Crippen LogP contribution in [0.5, 0.6) is 5.75 Å². The number of halogens is 3. The molecule has 0 saturated heterocycles. The third-order valence-corrected chi connectivity index (χ3v) is 4.01. The Morgan fingerprint density at radius 1 is 1.16 bits per heavy atom. The van der Waals surface area contributed by atoms with Crippen LogP contribution in [0.3, 0.4) is 0 Å². The number of rotatable bonds is 3. The predicted molar refractivity (Wildman–Crippen MR) is 65.6 cm³/mol. The summed E-state index contributed by atoms with van der Waals surface area (Å²) >= 11 is 0. The molecule has 0 aliphatic carbocycles. The Morgan fingerprint density at radius 2 is 1.68 bits per heavy atom. The maximum absolute atomic E-state index is 12.3. The molecule has 0 bridgehead atoms. The first-order valence-electron chi connectivity index (χ1n) is 5.61. The van der Waals surface area contributed by atoms with Gasteiger partial charge in [-0.3, -0.25) is 0 Å². The van der Waals surface area contributed by atoms with Crippen molar-refractivity contribution >= 4 is 10.1 Å². The average molecular weight is 296 g/mol. The second-order valence-corrected chi connectivity index (χ2v) is 5.79. The van der Waals surface area contributed by atoms with Crippen LogP contribution in [-0.4, -0.2) is 13.9 Å². The Balaban J connectivity index is 3.33. The van der Waals surface area contributed by atoms with Crippen molar-refractivity contribution in [2.75, 3.05) is 0 Å². The third kappa shape index (κ3) is 3.02. The lowest BCUT2D eigenvalue weighted by atomic mass is 9.96. The second kappa shape index (κ2) is 5.03. The van der Waals surface area contributed by atoms with Gasteiger partial charge in [-0.05, 0) is 55.5 Å². The van der Waals surface area contributed by atoms with E-state index in [2.05, 4.69) is 4.18 Å². The Kier molecular flexibility index (Phi) is 4.19. The number of hydrogen-bond acceptors (Lipinski definition) is 3. The minimum atomic E-state index is -5.63. The molecule has 3 nitrogen and oxygen atoms in total. The fraction of sp³-hybridized carbons (Fsp3) is 0.500. The van der Waals surface area contributed by atoms with Crippen LogP contribution in [0.15, 0.2) is 6.07 Å². The van der Waals surface area contributed by atoms with Crippen LogP contribution in [0.1, 0.15) is 29.2 Å². The molecule has 0 aliphatic rings. The molecule has 7 heteroatoms. The lowest BCUT2D eigenvalue weighted by Crippen LogP contribution is -2.28. The zero-order chi connectivity index (χ0) is 15.0. The van der Waals surface area contributed by atoms with Crippen molar-refractivity contribution in [2.45, 2.75) is 39.6 Å². The molecule has 1 aromatic rings. The van der Waals surface area contributed by atoms with Crippen LogP contribution in [0, 0.1) is 20.8 Å². The fourth-order valence-electron chi connectivity index (χ4n) is 1.89. The van der Waals surface area contributed by atoms with Crippen LogP contribution in [0.25, 0.3) is 0 Å². The highest BCUT2D eigenvalue weighted by molar-refractivity contribution is 7.88. The molecule has 0 atom stereocenters. The highest BCUT2D eigenvalue weighted by Gasteiger charge is 2.48. The first-order valence-corrected chi connectivity index (χ1v) is 7.02. The summed E-state index contributed by atoms with van der Waals surface area (Å²) in [7, 11) is -5.63. The SMILES string of the molecule is CCc1c(C)cc(OS(=O)(=O)C(F)(F)F)c(C)c1C. The van der Waals surface area contributed by atoms with Gasteiger partial charge in [-0.25, -0.2) is 0 Å². The average Bonchev–Trinajstić information content (AvgIpc) is 2.24. The first kappa shape index (κ1) is 15.8. The van der Waals surface area contributed by atoms with Crippen molar-refractivity contribution in [1.29, 1.82) is 0 Å². The first-order chi connectivity index (χ1) is 8.51. The molecule has 108 valence electrons. The van der Waals surface area contributed by atoms with E-state index in [9.17, 15) is 21.6 Å². The monoisotopic (exact) mass is 296 g/mol. The number of hydrogen-bond donors (Lipinski definition) is 0. The van der Waals surface area contributed by atoms with Gasteiger partial charge in [-0.1, -0.05) is 6.92 Å². The summed E-state index contributed by atoms with van der Waals surface area (Å²) in [5.74, 6) is -0.274. The maximum atomic E-state index is 12.3.